The quantitative estimate of drug-likeness (QED) is 0.778. The molecular formula is C16H16F3N3O2S2. The van der Waals surface area contributed by atoms with Gasteiger partial charge in [-0.2, -0.15) is 13.2 Å². The first-order valence-corrected chi connectivity index (χ1v) is 9.69. The molecule has 2 amide bonds. The van der Waals surface area contributed by atoms with Crippen molar-refractivity contribution >= 4 is 50.3 Å². The number of carbonyl (C=O) groups excluding carboxylic acids is 2. The topological polar surface area (TPSA) is 62.3 Å². The lowest BCUT2D eigenvalue weighted by atomic mass is 10.1. The third-order valence-corrected chi connectivity index (χ3v) is 5.70. The lowest BCUT2D eigenvalue weighted by Gasteiger charge is -2.13. The Hall–Kier alpha value is -1.81. The molecule has 26 heavy (non-hydrogen) atoms. The smallest absolute Gasteiger partial charge is 0.355 e. The van der Waals surface area contributed by atoms with Crippen LogP contribution >= 0.6 is 23.1 Å². The molecule has 1 fully saturated rings. The number of thioether (sulfide) groups is 1. The fourth-order valence-electron chi connectivity index (χ4n) is 2.69. The number of thiazole rings is 1. The van der Waals surface area contributed by atoms with Crippen LogP contribution in [0.25, 0.3) is 10.2 Å². The second-order valence-corrected chi connectivity index (χ2v) is 8.13. The number of fused-ring (bicyclic) bond motifs is 1. The molecule has 1 saturated heterocycles. The van der Waals surface area contributed by atoms with Gasteiger partial charge in [-0.05, 0) is 36.4 Å². The summed E-state index contributed by atoms with van der Waals surface area (Å²) in [5.74, 6) is -1.44. The standard InChI is InChI=1S/C16H16F3N3O2S2/c1-9-2-3-11-12(6-9)26-15(21-11)22-8-10(7-13(22)23)14(24)20-4-5-25-16(17,18)19/h2-3,6,10H,4-5,7-8H2,1H3,(H,20,24). The van der Waals surface area contributed by atoms with Crippen molar-refractivity contribution in [2.24, 2.45) is 5.92 Å². The molecular weight excluding hydrogens is 387 g/mol. The summed E-state index contributed by atoms with van der Waals surface area (Å²) >= 11 is 1.20. The number of hydrogen-bond acceptors (Lipinski definition) is 5. The van der Waals surface area contributed by atoms with Gasteiger partial charge >= 0.3 is 5.51 Å². The van der Waals surface area contributed by atoms with E-state index in [1.54, 1.807) is 0 Å². The summed E-state index contributed by atoms with van der Waals surface area (Å²) in [5, 5.41) is 3.01. The largest absolute Gasteiger partial charge is 0.441 e. The molecule has 10 heteroatoms. The van der Waals surface area contributed by atoms with Crippen LogP contribution in [0.15, 0.2) is 18.2 Å². The van der Waals surface area contributed by atoms with Crippen LogP contribution in [0, 0.1) is 12.8 Å². The van der Waals surface area contributed by atoms with Crippen molar-refractivity contribution in [3.8, 4) is 0 Å². The first kappa shape index (κ1) is 19.0. The zero-order valence-electron chi connectivity index (χ0n) is 13.8. The van der Waals surface area contributed by atoms with Crippen LogP contribution in [0.2, 0.25) is 0 Å². The third-order valence-electron chi connectivity index (χ3n) is 3.93. The van der Waals surface area contributed by atoms with E-state index in [9.17, 15) is 22.8 Å². The molecule has 1 aliphatic heterocycles. The molecule has 2 heterocycles. The molecule has 2 aromatic rings. The minimum absolute atomic E-state index is 0.0349. The number of benzene rings is 1. The molecule has 0 saturated carbocycles. The van der Waals surface area contributed by atoms with Crippen LogP contribution in [0.3, 0.4) is 0 Å². The van der Waals surface area contributed by atoms with E-state index in [-0.39, 0.29) is 42.9 Å². The average Bonchev–Trinajstić information content (AvgIpc) is 3.13. The fourth-order valence-corrected chi connectivity index (χ4v) is 4.21. The zero-order chi connectivity index (χ0) is 18.9. The number of rotatable bonds is 5. The van der Waals surface area contributed by atoms with Crippen molar-refractivity contribution in [1.82, 2.24) is 10.3 Å². The minimum Gasteiger partial charge on any atom is -0.355 e. The average molecular weight is 403 g/mol. The van der Waals surface area contributed by atoms with E-state index in [0.29, 0.717) is 5.13 Å². The number of nitrogens with one attached hydrogen (secondary N) is 1. The molecule has 1 aliphatic rings. The van der Waals surface area contributed by atoms with Gasteiger partial charge in [-0.15, -0.1) is 0 Å². The van der Waals surface area contributed by atoms with Crippen LogP contribution in [-0.2, 0) is 9.59 Å². The van der Waals surface area contributed by atoms with Crippen LogP contribution in [0.4, 0.5) is 18.3 Å². The van der Waals surface area contributed by atoms with Crippen LogP contribution < -0.4 is 10.2 Å². The van der Waals surface area contributed by atoms with Crippen LogP contribution in [0.5, 0.6) is 0 Å². The maximum atomic E-state index is 12.3. The van der Waals surface area contributed by atoms with Gasteiger partial charge in [0, 0.05) is 25.3 Å². The third kappa shape index (κ3) is 4.47. The van der Waals surface area contributed by atoms with E-state index >= 15 is 0 Å². The van der Waals surface area contributed by atoms with Crippen molar-refractivity contribution in [2.75, 3.05) is 23.7 Å². The first-order chi connectivity index (χ1) is 12.2. The van der Waals surface area contributed by atoms with Crippen LogP contribution in [-0.4, -0.2) is 41.1 Å². The predicted octanol–water partition coefficient (Wildman–Crippen LogP) is 3.33. The summed E-state index contributed by atoms with van der Waals surface area (Å²) < 4.78 is 37.2. The lowest BCUT2D eigenvalue weighted by Crippen LogP contribution is -2.34. The van der Waals surface area contributed by atoms with Gasteiger partial charge in [-0.3, -0.25) is 14.5 Å². The molecule has 0 aliphatic carbocycles. The van der Waals surface area contributed by atoms with Crippen LogP contribution in [0.1, 0.15) is 12.0 Å². The molecule has 0 spiro atoms. The SMILES string of the molecule is Cc1ccc2nc(N3CC(C(=O)NCCSC(F)(F)F)CC3=O)sc2c1. The van der Waals surface area contributed by atoms with E-state index in [1.807, 2.05) is 25.1 Å². The van der Waals surface area contributed by atoms with Crippen molar-refractivity contribution in [2.45, 2.75) is 18.9 Å². The van der Waals surface area contributed by atoms with Gasteiger partial charge in [0.1, 0.15) is 0 Å². The Bertz CT molecular complexity index is 838. The van der Waals surface area contributed by atoms with Gasteiger partial charge in [0.25, 0.3) is 0 Å². The summed E-state index contributed by atoms with van der Waals surface area (Å²) in [4.78, 5) is 30.3. The van der Waals surface area contributed by atoms with Gasteiger partial charge < -0.3 is 5.32 Å². The molecule has 1 N–H and O–H groups in total. The maximum absolute atomic E-state index is 12.3. The number of aromatic nitrogens is 1. The fraction of sp³-hybridized carbons (Fsp3) is 0.438. The Morgan fingerprint density at radius 2 is 2.23 bits per heavy atom. The molecule has 1 atom stereocenters. The van der Waals surface area contributed by atoms with Gasteiger partial charge in [-0.25, -0.2) is 4.98 Å². The van der Waals surface area contributed by atoms with Gasteiger partial charge in [0.15, 0.2) is 5.13 Å². The predicted molar refractivity (Wildman–Crippen MR) is 96.3 cm³/mol. The Labute approximate surface area is 156 Å². The van der Waals surface area contributed by atoms with Crippen molar-refractivity contribution < 1.29 is 22.8 Å². The summed E-state index contributed by atoms with van der Waals surface area (Å²) in [6.07, 6.45) is 0.0349. The molecule has 5 nitrogen and oxygen atoms in total. The summed E-state index contributed by atoms with van der Waals surface area (Å²) in [5.41, 5.74) is -2.43. The molecule has 1 unspecified atom stereocenters. The second-order valence-electron chi connectivity index (χ2n) is 5.96. The summed E-state index contributed by atoms with van der Waals surface area (Å²) in [6.45, 7) is 2.07. The summed E-state index contributed by atoms with van der Waals surface area (Å²) in [7, 11) is 0. The highest BCUT2D eigenvalue weighted by atomic mass is 32.2. The Morgan fingerprint density at radius 3 is 2.96 bits per heavy atom. The van der Waals surface area contributed by atoms with Crippen molar-refractivity contribution in [1.29, 1.82) is 0 Å². The van der Waals surface area contributed by atoms with E-state index in [4.69, 9.17) is 0 Å². The maximum Gasteiger partial charge on any atom is 0.441 e. The molecule has 1 aromatic heterocycles. The number of anilines is 1. The van der Waals surface area contributed by atoms with Gasteiger partial charge in [0.2, 0.25) is 11.8 Å². The Balaban J connectivity index is 1.60. The Morgan fingerprint density at radius 1 is 1.46 bits per heavy atom. The number of carbonyl (C=O) groups is 2. The molecule has 0 bridgehead atoms. The minimum atomic E-state index is -4.31. The highest BCUT2D eigenvalue weighted by Crippen LogP contribution is 2.33. The van der Waals surface area contributed by atoms with Crippen molar-refractivity contribution in [3.63, 3.8) is 0 Å². The number of hydrogen-bond donors (Lipinski definition) is 1. The highest BCUT2D eigenvalue weighted by Gasteiger charge is 2.36. The number of nitrogens with zero attached hydrogens (tertiary/aromatic N) is 2. The van der Waals surface area contributed by atoms with Gasteiger partial charge in [0.05, 0.1) is 16.1 Å². The van der Waals surface area contributed by atoms with E-state index in [2.05, 4.69) is 10.3 Å². The normalized spacial score (nSPS) is 17.9. The second kappa shape index (κ2) is 7.43. The van der Waals surface area contributed by atoms with E-state index in [1.165, 1.54) is 16.2 Å². The first-order valence-electron chi connectivity index (χ1n) is 7.89. The number of alkyl halides is 3. The molecule has 140 valence electrons. The highest BCUT2D eigenvalue weighted by molar-refractivity contribution is 8.00. The number of aryl methyl sites for hydroxylation is 1. The van der Waals surface area contributed by atoms with E-state index in [0.717, 1.165) is 15.8 Å². The monoisotopic (exact) mass is 403 g/mol. The molecule has 3 rings (SSSR count). The number of halogens is 3. The zero-order valence-corrected chi connectivity index (χ0v) is 15.4. The molecule has 0 radical (unpaired) electrons. The Kier molecular flexibility index (Phi) is 5.42. The molecule has 1 aromatic carbocycles. The van der Waals surface area contributed by atoms with Gasteiger partial charge in [-0.1, -0.05) is 17.4 Å². The lowest BCUT2D eigenvalue weighted by molar-refractivity contribution is -0.126. The van der Waals surface area contributed by atoms with Crippen molar-refractivity contribution in [3.05, 3.63) is 23.8 Å². The summed E-state index contributed by atoms with van der Waals surface area (Å²) in [6, 6.07) is 5.81. The number of amides is 2. The van der Waals surface area contributed by atoms with E-state index < -0.39 is 17.3 Å².